The Hall–Kier alpha value is -0.890. The van der Waals surface area contributed by atoms with Gasteiger partial charge in [0.15, 0.2) is 0 Å². The van der Waals surface area contributed by atoms with Crippen molar-refractivity contribution in [3.8, 4) is 0 Å². The van der Waals surface area contributed by atoms with E-state index in [2.05, 4.69) is 18.8 Å². The normalized spacial score (nSPS) is 11.3. The molecule has 0 aromatic carbocycles. The fourth-order valence-corrected chi connectivity index (χ4v) is 0.667. The fourth-order valence-electron chi connectivity index (χ4n) is 0.667. The molecule has 1 atom stereocenters. The highest BCUT2D eigenvalue weighted by molar-refractivity contribution is 5.12. The van der Waals surface area contributed by atoms with Crippen LogP contribution >= 0.6 is 0 Å². The standard InChI is InChI=1S/C7H10N2.C3H8.H2/c1-6(8)7-2-4-9-5-3-7;1-3-2;/h2-6H,8H2,1H3;3H2,1-2H3;1H. The van der Waals surface area contributed by atoms with Gasteiger partial charge in [-0.25, -0.2) is 0 Å². The summed E-state index contributed by atoms with van der Waals surface area (Å²) in [5.41, 5.74) is 6.72. The average molecular weight is 168 g/mol. The van der Waals surface area contributed by atoms with Gasteiger partial charge in [0.05, 0.1) is 0 Å². The van der Waals surface area contributed by atoms with Crippen LogP contribution in [-0.2, 0) is 0 Å². The molecule has 0 bridgehead atoms. The van der Waals surface area contributed by atoms with Crippen LogP contribution in [0.15, 0.2) is 24.5 Å². The monoisotopic (exact) mass is 168 g/mol. The van der Waals surface area contributed by atoms with Crippen molar-refractivity contribution in [2.24, 2.45) is 5.73 Å². The van der Waals surface area contributed by atoms with Gasteiger partial charge in [0.25, 0.3) is 0 Å². The quantitative estimate of drug-likeness (QED) is 0.700. The molecule has 70 valence electrons. The molecule has 0 spiro atoms. The minimum absolute atomic E-state index is 0. The molecule has 1 unspecified atom stereocenters. The lowest BCUT2D eigenvalue weighted by Crippen LogP contribution is -2.04. The van der Waals surface area contributed by atoms with Gasteiger partial charge in [0, 0.05) is 19.9 Å². The van der Waals surface area contributed by atoms with Gasteiger partial charge < -0.3 is 5.73 Å². The van der Waals surface area contributed by atoms with E-state index in [1.807, 2.05) is 19.1 Å². The summed E-state index contributed by atoms with van der Waals surface area (Å²) < 4.78 is 0. The summed E-state index contributed by atoms with van der Waals surface area (Å²) in [5, 5.41) is 0. The summed E-state index contributed by atoms with van der Waals surface area (Å²) in [5.74, 6) is 0. The van der Waals surface area contributed by atoms with Crippen molar-refractivity contribution in [1.82, 2.24) is 4.98 Å². The van der Waals surface area contributed by atoms with E-state index in [0.29, 0.717) is 0 Å². The number of aromatic nitrogens is 1. The molecule has 0 aliphatic rings. The van der Waals surface area contributed by atoms with E-state index in [1.165, 1.54) is 6.42 Å². The van der Waals surface area contributed by atoms with Crippen molar-refractivity contribution in [3.63, 3.8) is 0 Å². The highest BCUT2D eigenvalue weighted by Crippen LogP contribution is 2.05. The summed E-state index contributed by atoms with van der Waals surface area (Å²) in [4.78, 5) is 3.87. The largest absolute Gasteiger partial charge is 0.324 e. The maximum atomic E-state index is 5.59. The average Bonchev–Trinajstić information content (AvgIpc) is 2.07. The zero-order valence-corrected chi connectivity index (χ0v) is 8.12. The van der Waals surface area contributed by atoms with E-state index < -0.39 is 0 Å². The minimum atomic E-state index is 0. The van der Waals surface area contributed by atoms with E-state index in [0.717, 1.165) is 5.56 Å². The van der Waals surface area contributed by atoms with Crippen molar-refractivity contribution in [2.45, 2.75) is 33.2 Å². The number of nitrogens with two attached hydrogens (primary N) is 1. The summed E-state index contributed by atoms with van der Waals surface area (Å²) in [6, 6.07) is 3.96. The molecule has 0 amide bonds. The van der Waals surface area contributed by atoms with Crippen molar-refractivity contribution >= 4 is 0 Å². The van der Waals surface area contributed by atoms with Gasteiger partial charge in [-0.15, -0.1) is 0 Å². The van der Waals surface area contributed by atoms with E-state index in [1.54, 1.807) is 12.4 Å². The van der Waals surface area contributed by atoms with Crippen LogP contribution in [0, 0.1) is 0 Å². The van der Waals surface area contributed by atoms with Crippen LogP contribution in [0.5, 0.6) is 0 Å². The predicted molar refractivity (Wildman–Crippen MR) is 54.9 cm³/mol. The van der Waals surface area contributed by atoms with Crippen molar-refractivity contribution < 1.29 is 1.43 Å². The van der Waals surface area contributed by atoms with E-state index in [4.69, 9.17) is 5.73 Å². The van der Waals surface area contributed by atoms with Gasteiger partial charge in [-0.05, 0) is 24.6 Å². The Labute approximate surface area is 76.3 Å². The van der Waals surface area contributed by atoms with Crippen LogP contribution in [0.3, 0.4) is 0 Å². The van der Waals surface area contributed by atoms with Crippen molar-refractivity contribution in [3.05, 3.63) is 30.1 Å². The molecule has 0 saturated carbocycles. The number of hydrogen-bond donors (Lipinski definition) is 1. The lowest BCUT2D eigenvalue weighted by Gasteiger charge is -2.01. The van der Waals surface area contributed by atoms with E-state index in [-0.39, 0.29) is 7.47 Å². The summed E-state index contributed by atoms with van der Waals surface area (Å²) >= 11 is 0. The molecule has 1 heterocycles. The van der Waals surface area contributed by atoms with Gasteiger partial charge >= 0.3 is 0 Å². The number of rotatable bonds is 1. The van der Waals surface area contributed by atoms with Gasteiger partial charge in [-0.2, -0.15) is 0 Å². The molecule has 1 aromatic rings. The number of pyridine rings is 1. The Morgan fingerprint density at radius 1 is 1.42 bits per heavy atom. The molecule has 1 rings (SSSR count). The first kappa shape index (κ1) is 11.1. The molecule has 12 heavy (non-hydrogen) atoms. The fraction of sp³-hybridized carbons (Fsp3) is 0.500. The lowest BCUT2D eigenvalue weighted by molar-refractivity contribution is 0.815. The van der Waals surface area contributed by atoms with Crippen LogP contribution in [-0.4, -0.2) is 4.98 Å². The van der Waals surface area contributed by atoms with Crippen molar-refractivity contribution in [1.29, 1.82) is 0 Å². The molecule has 0 radical (unpaired) electrons. The second-order valence-corrected chi connectivity index (χ2v) is 2.78. The third-order valence-corrected chi connectivity index (χ3v) is 1.23. The molecular formula is C10H20N2. The molecular weight excluding hydrogens is 148 g/mol. The number of nitrogens with zero attached hydrogens (tertiary/aromatic N) is 1. The van der Waals surface area contributed by atoms with Crippen LogP contribution in [0.2, 0.25) is 0 Å². The van der Waals surface area contributed by atoms with Gasteiger partial charge in [0.1, 0.15) is 0 Å². The predicted octanol–water partition coefficient (Wildman–Crippen LogP) is 2.76. The smallest absolute Gasteiger partial charge is 0.0271 e. The zero-order valence-electron chi connectivity index (χ0n) is 8.12. The molecule has 1 aromatic heterocycles. The zero-order chi connectivity index (χ0) is 9.40. The molecule has 0 saturated heterocycles. The highest BCUT2D eigenvalue weighted by atomic mass is 14.6. The second kappa shape index (κ2) is 6.80. The van der Waals surface area contributed by atoms with Gasteiger partial charge in [0.2, 0.25) is 0 Å². The van der Waals surface area contributed by atoms with Crippen LogP contribution in [0.25, 0.3) is 0 Å². The SMILES string of the molecule is CC(N)c1ccncc1.CCC.[HH]. The summed E-state index contributed by atoms with van der Waals surface area (Å²) in [6.07, 6.45) is 4.75. The van der Waals surface area contributed by atoms with E-state index >= 15 is 0 Å². The Morgan fingerprint density at radius 3 is 2.08 bits per heavy atom. The third-order valence-electron chi connectivity index (χ3n) is 1.23. The molecule has 0 aliphatic carbocycles. The molecule has 0 aliphatic heterocycles. The third kappa shape index (κ3) is 4.85. The Balaban J connectivity index is 0. The van der Waals surface area contributed by atoms with Crippen molar-refractivity contribution in [2.75, 3.05) is 0 Å². The Bertz CT molecular complexity index is 187. The topological polar surface area (TPSA) is 38.9 Å². The number of hydrogen-bond acceptors (Lipinski definition) is 2. The van der Waals surface area contributed by atoms with E-state index in [9.17, 15) is 0 Å². The summed E-state index contributed by atoms with van der Waals surface area (Å²) in [6.45, 7) is 6.20. The molecule has 2 nitrogen and oxygen atoms in total. The highest BCUT2D eigenvalue weighted by Gasteiger charge is 1.94. The molecule has 2 heteroatoms. The Kier molecular flexibility index (Phi) is 6.29. The molecule has 2 N–H and O–H groups in total. The Morgan fingerprint density at radius 2 is 1.83 bits per heavy atom. The first-order valence-electron chi connectivity index (χ1n) is 4.37. The first-order valence-corrected chi connectivity index (χ1v) is 4.37. The minimum Gasteiger partial charge on any atom is -0.324 e. The molecule has 0 fully saturated rings. The van der Waals surface area contributed by atoms with Crippen LogP contribution in [0.1, 0.15) is 40.2 Å². The van der Waals surface area contributed by atoms with Crippen LogP contribution < -0.4 is 5.73 Å². The maximum Gasteiger partial charge on any atom is 0.0271 e. The lowest BCUT2D eigenvalue weighted by atomic mass is 10.1. The van der Waals surface area contributed by atoms with Crippen LogP contribution in [0.4, 0.5) is 0 Å². The first-order chi connectivity index (χ1) is 5.72. The van der Waals surface area contributed by atoms with Gasteiger partial charge in [-0.3, -0.25) is 4.98 Å². The maximum absolute atomic E-state index is 5.59. The summed E-state index contributed by atoms with van der Waals surface area (Å²) in [7, 11) is 0. The van der Waals surface area contributed by atoms with Gasteiger partial charge in [-0.1, -0.05) is 20.3 Å². The second-order valence-electron chi connectivity index (χ2n) is 2.78.